The van der Waals surface area contributed by atoms with E-state index in [0.717, 1.165) is 43.6 Å². The summed E-state index contributed by atoms with van der Waals surface area (Å²) in [5, 5.41) is 12.9. The highest BCUT2D eigenvalue weighted by Gasteiger charge is 2.34. The molecule has 0 spiro atoms. The van der Waals surface area contributed by atoms with Crippen LogP contribution in [0.25, 0.3) is 22.4 Å². The third kappa shape index (κ3) is 5.33. The molecular weight excluding hydrogens is 570 g/mol. The number of hydrogen-bond acceptors (Lipinski definition) is 7. The second kappa shape index (κ2) is 11.3. The number of pyridine rings is 1. The van der Waals surface area contributed by atoms with Gasteiger partial charge in [-0.3, -0.25) is 9.59 Å². The number of halogens is 3. The number of aromatic amines is 2. The number of carbonyl (C=O) groups is 1. The number of H-pyrrole nitrogens is 2. The number of carbonyl (C=O) groups excluding carboxylic acids is 1. The first kappa shape index (κ1) is 28.1. The zero-order valence-electron chi connectivity index (χ0n) is 22.7. The molecule has 1 amide bonds. The molecule has 13 heteroatoms. The van der Waals surface area contributed by atoms with Crippen molar-refractivity contribution in [1.82, 2.24) is 24.8 Å². The number of aliphatic hydroxyl groups excluding tert-OH is 1. The van der Waals surface area contributed by atoms with Crippen molar-refractivity contribution in [3.05, 3.63) is 74.7 Å². The molecule has 0 unspecified atom stereocenters. The fourth-order valence-corrected chi connectivity index (χ4v) is 5.74. The highest BCUT2D eigenvalue weighted by Crippen LogP contribution is 2.33. The number of hydrogen-bond donors (Lipinski definition) is 4. The first-order valence-corrected chi connectivity index (χ1v) is 14.0. The Kier molecular flexibility index (Phi) is 7.60. The number of imidazole rings is 1. The Morgan fingerprint density at radius 1 is 1.19 bits per heavy atom. The minimum atomic E-state index is -1.16. The van der Waals surface area contributed by atoms with Gasteiger partial charge in [0.05, 0.1) is 16.7 Å². The highest BCUT2D eigenvalue weighted by molar-refractivity contribution is 6.32. The van der Waals surface area contributed by atoms with Gasteiger partial charge < -0.3 is 34.9 Å². The summed E-state index contributed by atoms with van der Waals surface area (Å²) in [5.41, 5.74) is 2.95. The lowest BCUT2D eigenvalue weighted by Gasteiger charge is -2.34. The van der Waals surface area contributed by atoms with Gasteiger partial charge in [0.1, 0.15) is 34.9 Å². The third-order valence-corrected chi connectivity index (χ3v) is 8.17. The van der Waals surface area contributed by atoms with Gasteiger partial charge in [-0.05, 0) is 68.9 Å². The lowest BCUT2D eigenvalue weighted by Crippen LogP contribution is -2.43. The summed E-state index contributed by atoms with van der Waals surface area (Å²) in [6, 6.07) is 7.27. The van der Waals surface area contributed by atoms with Gasteiger partial charge in [0.2, 0.25) is 0 Å². The maximum atomic E-state index is 14.0. The van der Waals surface area contributed by atoms with Crippen molar-refractivity contribution < 1.29 is 23.4 Å². The Balaban J connectivity index is 1.18. The van der Waals surface area contributed by atoms with Crippen molar-refractivity contribution in [2.45, 2.75) is 31.5 Å². The van der Waals surface area contributed by atoms with Crippen LogP contribution in [0.15, 0.2) is 41.3 Å². The second-order valence-corrected chi connectivity index (χ2v) is 11.1. The van der Waals surface area contributed by atoms with Crippen LogP contribution in [-0.2, 0) is 6.54 Å². The molecule has 2 aliphatic rings. The van der Waals surface area contributed by atoms with Crippen LogP contribution < -0.4 is 15.6 Å². The predicted octanol–water partition coefficient (Wildman–Crippen LogP) is 3.75. The van der Waals surface area contributed by atoms with E-state index in [1.54, 1.807) is 12.1 Å². The van der Waals surface area contributed by atoms with Crippen molar-refractivity contribution in [1.29, 1.82) is 0 Å². The molecule has 1 atom stereocenters. The maximum absolute atomic E-state index is 14.0. The number of fused-ring (bicyclic) bond motifs is 2. The van der Waals surface area contributed by atoms with Gasteiger partial charge in [0, 0.05) is 30.9 Å². The van der Waals surface area contributed by atoms with Crippen LogP contribution in [-0.4, -0.2) is 81.2 Å². The number of benzene rings is 2. The number of rotatable bonds is 8. The molecule has 0 aliphatic carbocycles. The third-order valence-electron chi connectivity index (χ3n) is 7.82. The van der Waals surface area contributed by atoms with Crippen molar-refractivity contribution in [3.63, 3.8) is 0 Å². The molecule has 2 aliphatic heterocycles. The Bertz CT molecular complexity index is 1720. The number of aliphatic hydroxyl groups is 1. The number of nitrogens with one attached hydrogen (secondary N) is 3. The average molecular weight is 599 g/mol. The summed E-state index contributed by atoms with van der Waals surface area (Å²) in [5.74, 6) is -1.89. The van der Waals surface area contributed by atoms with E-state index in [1.807, 2.05) is 11.0 Å². The molecule has 2 aromatic carbocycles. The molecule has 42 heavy (non-hydrogen) atoms. The first-order chi connectivity index (χ1) is 20.2. The van der Waals surface area contributed by atoms with Crippen LogP contribution in [0, 0.1) is 11.6 Å². The van der Waals surface area contributed by atoms with Crippen LogP contribution >= 0.6 is 11.6 Å². The summed E-state index contributed by atoms with van der Waals surface area (Å²) in [4.78, 5) is 40.8. The lowest BCUT2D eigenvalue weighted by atomic mass is 10.0. The lowest BCUT2D eigenvalue weighted by molar-refractivity contribution is 0.0617. The van der Waals surface area contributed by atoms with E-state index in [4.69, 9.17) is 16.3 Å². The molecule has 4 heterocycles. The zero-order valence-corrected chi connectivity index (χ0v) is 23.5. The summed E-state index contributed by atoms with van der Waals surface area (Å²) < 4.78 is 32.8. The van der Waals surface area contributed by atoms with Gasteiger partial charge >= 0.3 is 0 Å². The highest BCUT2D eigenvalue weighted by atomic mass is 35.5. The van der Waals surface area contributed by atoms with Crippen LogP contribution in [0.5, 0.6) is 5.75 Å². The molecular formula is C29H29ClF2N6O4. The standard InChI is InChI=1S/C29H29ClF2N6O4/c1-37-8-5-16(6-9-37)38-13-15-10-22-23(11-18(15)29(38)41)36-27(35-22)24-21(4-7-33-28(24)40)34-12-17(39)14-42-26-20(32)3-2-19(31)25(26)30/h2-4,7,10-11,16-17,39H,5-6,8-9,12-14H2,1H3,(H,35,36)(H2,33,34,40)/t17-/m1/s1. The van der Waals surface area contributed by atoms with Gasteiger partial charge in [-0.1, -0.05) is 11.6 Å². The van der Waals surface area contributed by atoms with Crippen molar-refractivity contribution in [2.75, 3.05) is 38.6 Å². The van der Waals surface area contributed by atoms with Crippen LogP contribution in [0.1, 0.15) is 28.8 Å². The largest absolute Gasteiger partial charge is 0.486 e. The first-order valence-electron chi connectivity index (χ1n) is 13.6. The number of likely N-dealkylation sites (tertiary alicyclic amines) is 1. The molecule has 0 radical (unpaired) electrons. The second-order valence-electron chi connectivity index (χ2n) is 10.7. The molecule has 2 aromatic heterocycles. The molecule has 4 aromatic rings. The number of amides is 1. The minimum absolute atomic E-state index is 0.00753. The molecule has 10 nitrogen and oxygen atoms in total. The summed E-state index contributed by atoms with van der Waals surface area (Å²) in [6.07, 6.45) is 2.18. The fourth-order valence-electron chi connectivity index (χ4n) is 5.53. The Hall–Kier alpha value is -4.00. The summed E-state index contributed by atoms with van der Waals surface area (Å²) >= 11 is 5.77. The van der Waals surface area contributed by atoms with E-state index in [9.17, 15) is 23.5 Å². The van der Waals surface area contributed by atoms with E-state index in [-0.39, 0.29) is 36.5 Å². The Morgan fingerprint density at radius 3 is 2.74 bits per heavy atom. The number of piperidine rings is 1. The van der Waals surface area contributed by atoms with Gasteiger partial charge in [-0.25, -0.2) is 13.8 Å². The predicted molar refractivity (Wildman–Crippen MR) is 154 cm³/mol. The minimum Gasteiger partial charge on any atom is -0.486 e. The van der Waals surface area contributed by atoms with Crippen molar-refractivity contribution >= 4 is 34.2 Å². The van der Waals surface area contributed by atoms with E-state index in [1.165, 1.54) is 6.20 Å². The molecule has 220 valence electrons. The van der Waals surface area contributed by atoms with Gasteiger partial charge in [0.15, 0.2) is 11.6 Å². The van der Waals surface area contributed by atoms with Gasteiger partial charge in [-0.15, -0.1) is 0 Å². The van der Waals surface area contributed by atoms with Crippen molar-refractivity contribution in [2.24, 2.45) is 0 Å². The van der Waals surface area contributed by atoms with E-state index >= 15 is 0 Å². The number of aromatic nitrogens is 3. The van der Waals surface area contributed by atoms with Gasteiger partial charge in [-0.2, -0.15) is 0 Å². The van der Waals surface area contributed by atoms with E-state index < -0.39 is 34.1 Å². The van der Waals surface area contributed by atoms with Gasteiger partial charge in [0.25, 0.3) is 11.5 Å². The monoisotopic (exact) mass is 598 g/mol. The fraction of sp³-hybridized carbons (Fsp3) is 0.345. The topological polar surface area (TPSA) is 127 Å². The Morgan fingerprint density at radius 2 is 1.95 bits per heavy atom. The quantitative estimate of drug-likeness (QED) is 0.228. The number of nitrogens with zero attached hydrogens (tertiary/aromatic N) is 3. The van der Waals surface area contributed by atoms with Crippen LogP contribution in [0.2, 0.25) is 5.02 Å². The molecule has 0 saturated carbocycles. The number of anilines is 1. The zero-order chi connectivity index (χ0) is 29.5. The van der Waals surface area contributed by atoms with E-state index in [0.29, 0.717) is 28.8 Å². The summed E-state index contributed by atoms with van der Waals surface area (Å²) in [6.45, 7) is 1.99. The Labute approximate surface area is 244 Å². The van der Waals surface area contributed by atoms with E-state index in [2.05, 4.69) is 32.2 Å². The molecule has 1 saturated heterocycles. The molecule has 4 N–H and O–H groups in total. The maximum Gasteiger partial charge on any atom is 0.261 e. The van der Waals surface area contributed by atoms with Crippen LogP contribution in [0.4, 0.5) is 14.5 Å². The van der Waals surface area contributed by atoms with Crippen LogP contribution in [0.3, 0.4) is 0 Å². The smallest absolute Gasteiger partial charge is 0.261 e. The normalized spacial score (nSPS) is 16.7. The molecule has 0 bridgehead atoms. The van der Waals surface area contributed by atoms with Crippen molar-refractivity contribution in [3.8, 4) is 17.1 Å². The molecule has 6 rings (SSSR count). The summed E-state index contributed by atoms with van der Waals surface area (Å²) in [7, 11) is 2.09. The number of ether oxygens (including phenoxy) is 1. The SMILES string of the molecule is CN1CCC(N2Cc3cc4nc(-c5c(NC[C@@H](O)COc6c(F)ccc(F)c6Cl)cc[nH]c5=O)[nH]c4cc3C2=O)CC1. The average Bonchev–Trinajstić information content (AvgIpc) is 3.53. The molecule has 1 fully saturated rings.